The van der Waals surface area contributed by atoms with Crippen LogP contribution < -0.4 is 0 Å². The van der Waals surface area contributed by atoms with Gasteiger partial charge in [-0.2, -0.15) is 5.10 Å². The molecule has 0 aromatic carbocycles. The van der Waals surface area contributed by atoms with Crippen molar-refractivity contribution in [3.05, 3.63) is 17.0 Å². The molecule has 0 radical (unpaired) electrons. The monoisotopic (exact) mass is 403 g/mol. The summed E-state index contributed by atoms with van der Waals surface area (Å²) in [6.45, 7) is 4.84. The van der Waals surface area contributed by atoms with Gasteiger partial charge in [-0.05, 0) is 12.8 Å². The smallest absolute Gasteiger partial charge is 0.274 e. The van der Waals surface area contributed by atoms with Gasteiger partial charge in [0.2, 0.25) is 11.8 Å². The Morgan fingerprint density at radius 2 is 1.55 bits per heavy atom. The van der Waals surface area contributed by atoms with Crippen molar-refractivity contribution >= 4 is 17.7 Å². The third-order valence-corrected chi connectivity index (χ3v) is 6.11. The Balaban J connectivity index is 1.39. The number of carbonyl (C=O) groups excluding carboxylic acids is 3. The van der Waals surface area contributed by atoms with E-state index >= 15 is 0 Å². The van der Waals surface area contributed by atoms with Crippen LogP contribution in [0.15, 0.2) is 0 Å². The third-order valence-electron chi connectivity index (χ3n) is 6.11. The number of aryl methyl sites for hydroxylation is 1. The fourth-order valence-corrected chi connectivity index (χ4v) is 4.39. The van der Waals surface area contributed by atoms with Gasteiger partial charge >= 0.3 is 0 Å². The fraction of sp³-hybridized carbons (Fsp3) is 0.700. The summed E-state index contributed by atoms with van der Waals surface area (Å²) in [6, 6.07) is 0. The Labute approximate surface area is 170 Å². The molecule has 0 unspecified atom stereocenters. The minimum atomic E-state index is -0.0410. The van der Waals surface area contributed by atoms with Crippen molar-refractivity contribution in [1.29, 1.82) is 0 Å². The maximum absolute atomic E-state index is 12.9. The SMILES string of the molecule is Cn1nc(C(=O)N2CCCC2)c2c1CCN(C(=O)CCC(=O)N1CCOCC1)C2. The minimum Gasteiger partial charge on any atom is -0.378 e. The van der Waals surface area contributed by atoms with E-state index in [4.69, 9.17) is 4.74 Å². The van der Waals surface area contributed by atoms with Crippen molar-refractivity contribution in [3.8, 4) is 0 Å². The highest BCUT2D eigenvalue weighted by Crippen LogP contribution is 2.25. The van der Waals surface area contributed by atoms with Gasteiger partial charge in [0, 0.05) is 76.8 Å². The predicted molar refractivity (Wildman–Crippen MR) is 104 cm³/mol. The van der Waals surface area contributed by atoms with Crippen molar-refractivity contribution in [1.82, 2.24) is 24.5 Å². The van der Waals surface area contributed by atoms with Crippen LogP contribution in [0.5, 0.6) is 0 Å². The molecule has 0 saturated carbocycles. The third kappa shape index (κ3) is 4.14. The lowest BCUT2D eigenvalue weighted by Crippen LogP contribution is -2.42. The van der Waals surface area contributed by atoms with Crippen molar-refractivity contribution in [2.75, 3.05) is 45.9 Å². The Morgan fingerprint density at radius 3 is 2.24 bits per heavy atom. The van der Waals surface area contributed by atoms with E-state index in [1.807, 2.05) is 11.9 Å². The molecule has 4 heterocycles. The predicted octanol–water partition coefficient (Wildman–Crippen LogP) is 0.180. The molecule has 29 heavy (non-hydrogen) atoms. The van der Waals surface area contributed by atoms with Gasteiger partial charge in [-0.1, -0.05) is 0 Å². The normalized spacial score (nSPS) is 19.4. The van der Waals surface area contributed by atoms with Crippen LogP contribution in [0.3, 0.4) is 0 Å². The second-order valence-electron chi connectivity index (χ2n) is 7.96. The molecule has 9 heteroatoms. The lowest BCUT2D eigenvalue weighted by molar-refractivity contribution is -0.139. The maximum Gasteiger partial charge on any atom is 0.274 e. The van der Waals surface area contributed by atoms with E-state index in [1.54, 1.807) is 14.5 Å². The second kappa shape index (κ2) is 8.52. The summed E-state index contributed by atoms with van der Waals surface area (Å²) in [4.78, 5) is 43.3. The summed E-state index contributed by atoms with van der Waals surface area (Å²) in [5, 5.41) is 4.48. The molecule has 158 valence electrons. The molecule has 9 nitrogen and oxygen atoms in total. The summed E-state index contributed by atoms with van der Waals surface area (Å²) >= 11 is 0. The van der Waals surface area contributed by atoms with Crippen molar-refractivity contribution in [2.45, 2.75) is 38.6 Å². The van der Waals surface area contributed by atoms with Gasteiger partial charge in [-0.3, -0.25) is 19.1 Å². The number of morpholine rings is 1. The van der Waals surface area contributed by atoms with Gasteiger partial charge in [0.25, 0.3) is 5.91 Å². The van der Waals surface area contributed by atoms with Crippen molar-refractivity contribution in [3.63, 3.8) is 0 Å². The van der Waals surface area contributed by atoms with Gasteiger partial charge in [-0.25, -0.2) is 0 Å². The molecular formula is C20H29N5O4. The average molecular weight is 403 g/mol. The molecule has 0 N–H and O–H groups in total. The van der Waals surface area contributed by atoms with E-state index in [2.05, 4.69) is 5.10 Å². The molecule has 3 amide bonds. The van der Waals surface area contributed by atoms with Crippen LogP contribution in [0.25, 0.3) is 0 Å². The first kappa shape index (κ1) is 19.9. The number of carbonyl (C=O) groups is 3. The molecule has 0 spiro atoms. The number of hydrogen-bond donors (Lipinski definition) is 0. The molecule has 3 aliphatic rings. The number of nitrogens with zero attached hydrogens (tertiary/aromatic N) is 5. The Hall–Kier alpha value is -2.42. The first-order valence-electron chi connectivity index (χ1n) is 10.5. The van der Waals surface area contributed by atoms with Crippen molar-refractivity contribution in [2.24, 2.45) is 7.05 Å². The zero-order valence-electron chi connectivity index (χ0n) is 17.1. The van der Waals surface area contributed by atoms with Gasteiger partial charge in [0.1, 0.15) is 0 Å². The Bertz CT molecular complexity index is 793. The number of amides is 3. The molecule has 1 aromatic heterocycles. The lowest BCUT2D eigenvalue weighted by Gasteiger charge is -2.29. The van der Waals surface area contributed by atoms with Gasteiger partial charge in [0.15, 0.2) is 5.69 Å². The molecule has 0 aliphatic carbocycles. The quantitative estimate of drug-likeness (QED) is 0.716. The largest absolute Gasteiger partial charge is 0.378 e. The molecule has 2 saturated heterocycles. The van der Waals surface area contributed by atoms with E-state index in [0.717, 1.165) is 37.2 Å². The highest BCUT2D eigenvalue weighted by molar-refractivity contribution is 5.94. The zero-order chi connectivity index (χ0) is 20.4. The Kier molecular flexibility index (Phi) is 5.84. The molecule has 4 rings (SSSR count). The van der Waals surface area contributed by atoms with E-state index < -0.39 is 0 Å². The Morgan fingerprint density at radius 1 is 0.897 bits per heavy atom. The topological polar surface area (TPSA) is 88.0 Å². The summed E-state index contributed by atoms with van der Waals surface area (Å²) < 4.78 is 7.05. The standard InChI is InChI=1S/C20H29N5O4/c1-22-16-6-9-25(18(27)5-4-17(26)23-10-12-29-13-11-23)14-15(16)19(21-22)20(28)24-7-2-3-8-24/h2-14H2,1H3. The highest BCUT2D eigenvalue weighted by atomic mass is 16.5. The highest BCUT2D eigenvalue weighted by Gasteiger charge is 2.32. The minimum absolute atomic E-state index is 0.00521. The van der Waals surface area contributed by atoms with E-state index in [9.17, 15) is 14.4 Å². The first-order valence-corrected chi connectivity index (χ1v) is 10.5. The van der Waals surface area contributed by atoms with E-state index in [0.29, 0.717) is 51.5 Å². The van der Waals surface area contributed by atoms with E-state index in [-0.39, 0.29) is 30.6 Å². The van der Waals surface area contributed by atoms with Gasteiger partial charge < -0.3 is 19.4 Å². The molecule has 1 aromatic rings. The molecule has 0 atom stereocenters. The van der Waals surface area contributed by atoms with Crippen LogP contribution in [0.4, 0.5) is 0 Å². The van der Waals surface area contributed by atoms with Gasteiger partial charge in [-0.15, -0.1) is 0 Å². The van der Waals surface area contributed by atoms with Gasteiger partial charge in [0.05, 0.1) is 13.2 Å². The zero-order valence-corrected chi connectivity index (χ0v) is 17.1. The maximum atomic E-state index is 12.9. The van der Waals surface area contributed by atoms with Crippen LogP contribution in [-0.2, 0) is 34.3 Å². The molecule has 3 aliphatic heterocycles. The number of aromatic nitrogens is 2. The van der Waals surface area contributed by atoms with Crippen LogP contribution >= 0.6 is 0 Å². The summed E-state index contributed by atoms with van der Waals surface area (Å²) in [6.07, 6.45) is 3.15. The fourth-order valence-electron chi connectivity index (χ4n) is 4.39. The second-order valence-corrected chi connectivity index (χ2v) is 7.96. The number of rotatable bonds is 4. The number of likely N-dealkylation sites (tertiary alicyclic amines) is 1. The number of hydrogen-bond acceptors (Lipinski definition) is 5. The summed E-state index contributed by atoms with van der Waals surface area (Å²) in [5.41, 5.74) is 2.37. The van der Waals surface area contributed by atoms with Crippen LogP contribution in [0.1, 0.15) is 47.4 Å². The van der Waals surface area contributed by atoms with Crippen LogP contribution in [0.2, 0.25) is 0 Å². The van der Waals surface area contributed by atoms with E-state index in [1.165, 1.54) is 0 Å². The summed E-state index contributed by atoms with van der Waals surface area (Å²) in [5.74, 6) is -0.0672. The molecule has 0 bridgehead atoms. The number of fused-ring (bicyclic) bond motifs is 1. The van der Waals surface area contributed by atoms with Crippen LogP contribution in [0, 0.1) is 0 Å². The average Bonchev–Trinajstić information content (AvgIpc) is 3.40. The number of ether oxygens (including phenoxy) is 1. The molecule has 2 fully saturated rings. The molecular weight excluding hydrogens is 374 g/mol. The van der Waals surface area contributed by atoms with Crippen LogP contribution in [-0.4, -0.2) is 88.1 Å². The lowest BCUT2D eigenvalue weighted by atomic mass is 10.0. The van der Waals surface area contributed by atoms with Crippen molar-refractivity contribution < 1.29 is 19.1 Å². The first-order chi connectivity index (χ1) is 14.0. The summed E-state index contributed by atoms with van der Waals surface area (Å²) in [7, 11) is 1.86.